The maximum Gasteiger partial charge on any atom is 0.349 e. The fourth-order valence-corrected chi connectivity index (χ4v) is 9.39. The van der Waals surface area contributed by atoms with Crippen LogP contribution in [0.4, 0.5) is 16.2 Å². The van der Waals surface area contributed by atoms with Crippen LogP contribution in [0, 0.1) is 12.8 Å². The highest BCUT2D eigenvalue weighted by Gasteiger charge is 2.40. The molecule has 1 N–H and O–H groups in total. The van der Waals surface area contributed by atoms with Crippen LogP contribution in [0.2, 0.25) is 0 Å². The number of fused-ring (bicyclic) bond motifs is 1. The van der Waals surface area contributed by atoms with Gasteiger partial charge >= 0.3 is 6.03 Å². The first-order chi connectivity index (χ1) is 29.1. The summed E-state index contributed by atoms with van der Waals surface area (Å²) in [7, 11) is 0. The predicted molar refractivity (Wildman–Crippen MR) is 235 cm³/mol. The van der Waals surface area contributed by atoms with Crippen LogP contribution in [-0.2, 0) is 16.6 Å². The number of nitrogens with zero attached hydrogens (tertiary/aromatic N) is 4. The third kappa shape index (κ3) is 7.82. The second-order valence-corrected chi connectivity index (χ2v) is 16.2. The van der Waals surface area contributed by atoms with Crippen LogP contribution in [0.5, 0.6) is 5.75 Å². The van der Waals surface area contributed by atoms with E-state index in [0.29, 0.717) is 25.7 Å². The van der Waals surface area contributed by atoms with Crippen molar-refractivity contribution in [3.8, 4) is 5.75 Å². The van der Waals surface area contributed by atoms with Crippen LogP contribution in [-0.4, -0.2) is 52.6 Å². The lowest BCUT2D eigenvalue weighted by Gasteiger charge is -2.35. The van der Waals surface area contributed by atoms with Crippen molar-refractivity contribution >= 4 is 23.1 Å². The fraction of sp³-hybridized carbons (Fsp3) is 0.314. The molecule has 3 heterocycles. The Bertz CT molecular complexity index is 2250. The van der Waals surface area contributed by atoms with E-state index in [-0.39, 0.29) is 12.1 Å². The number of hydrazone groups is 1. The molecule has 5 aromatic carbocycles. The number of aromatic amines is 1. The van der Waals surface area contributed by atoms with Gasteiger partial charge in [-0.1, -0.05) is 122 Å². The minimum absolute atomic E-state index is 0.00738. The van der Waals surface area contributed by atoms with Gasteiger partial charge in [0.1, 0.15) is 11.6 Å². The highest BCUT2D eigenvalue weighted by atomic mass is 16.5. The molecule has 0 spiro atoms. The number of H-pyrrole nitrogens is 1. The third-order valence-electron chi connectivity index (χ3n) is 12.4. The number of amides is 2. The summed E-state index contributed by atoms with van der Waals surface area (Å²) in [4.78, 5) is 25.3. The molecule has 59 heavy (non-hydrogen) atoms. The van der Waals surface area contributed by atoms with E-state index in [4.69, 9.17) is 19.6 Å². The molecule has 1 aromatic heterocycles. The van der Waals surface area contributed by atoms with Crippen LogP contribution in [0.25, 0.3) is 0 Å². The summed E-state index contributed by atoms with van der Waals surface area (Å²) in [5.41, 5.74) is 8.90. The third-order valence-corrected chi connectivity index (χ3v) is 12.4. The number of benzene rings is 5. The zero-order valence-electron chi connectivity index (χ0n) is 33.9. The number of imidazole rings is 1. The number of carbonyl (C=O) groups excluding carboxylic acids is 1. The van der Waals surface area contributed by atoms with Gasteiger partial charge in [-0.15, -0.1) is 0 Å². The van der Waals surface area contributed by atoms with Crippen LogP contribution in [0.1, 0.15) is 90.7 Å². The van der Waals surface area contributed by atoms with Crippen molar-refractivity contribution in [2.75, 3.05) is 24.7 Å². The second kappa shape index (κ2) is 17.5. The molecule has 1 saturated heterocycles. The predicted octanol–water partition coefficient (Wildman–Crippen LogP) is 11.1. The summed E-state index contributed by atoms with van der Waals surface area (Å²) in [5.74, 6) is 2.02. The number of nitrogens with one attached hydrogen (secondary N) is 1. The van der Waals surface area contributed by atoms with Crippen molar-refractivity contribution < 1.29 is 14.3 Å². The molecule has 6 aromatic rings. The van der Waals surface area contributed by atoms with Crippen molar-refractivity contribution in [2.24, 2.45) is 11.0 Å². The highest BCUT2D eigenvalue weighted by molar-refractivity contribution is 6.14. The largest absolute Gasteiger partial charge is 0.494 e. The van der Waals surface area contributed by atoms with Gasteiger partial charge in [0.15, 0.2) is 0 Å². The van der Waals surface area contributed by atoms with Crippen LogP contribution in [0.3, 0.4) is 0 Å². The number of rotatable bonds is 12. The zero-order chi connectivity index (χ0) is 40.0. The minimum Gasteiger partial charge on any atom is -0.494 e. The Morgan fingerprint density at radius 3 is 2.02 bits per heavy atom. The monoisotopic (exact) mass is 783 g/mol. The minimum atomic E-state index is -0.563. The van der Waals surface area contributed by atoms with E-state index in [1.807, 2.05) is 35.4 Å². The Kier molecular flexibility index (Phi) is 11.4. The molecule has 0 atom stereocenters. The van der Waals surface area contributed by atoms with Gasteiger partial charge in [-0.2, -0.15) is 5.10 Å². The van der Waals surface area contributed by atoms with Crippen molar-refractivity contribution in [1.82, 2.24) is 15.0 Å². The first-order valence-corrected chi connectivity index (χ1v) is 21.4. The number of aryl methyl sites for hydroxylation is 2. The molecule has 8 nitrogen and oxygen atoms in total. The second-order valence-electron chi connectivity index (χ2n) is 16.2. The highest BCUT2D eigenvalue weighted by Crippen LogP contribution is 2.44. The van der Waals surface area contributed by atoms with Crippen LogP contribution < -0.4 is 9.64 Å². The number of carbonyl (C=O) groups is 1. The average Bonchev–Trinajstić information content (AvgIpc) is 3.73. The molecule has 2 amide bonds. The molecule has 300 valence electrons. The molecular weight excluding hydrogens is 731 g/mol. The number of urea groups is 1. The van der Waals surface area contributed by atoms with Gasteiger partial charge in [0.2, 0.25) is 0 Å². The molecule has 1 saturated carbocycles. The van der Waals surface area contributed by atoms with Crippen LogP contribution >= 0.6 is 0 Å². The first-order valence-electron chi connectivity index (χ1n) is 21.4. The van der Waals surface area contributed by atoms with E-state index >= 15 is 0 Å². The molecule has 3 aliphatic rings. The van der Waals surface area contributed by atoms with E-state index in [0.717, 1.165) is 84.0 Å². The normalized spacial score (nSPS) is 16.7. The summed E-state index contributed by atoms with van der Waals surface area (Å²) < 4.78 is 12.0. The van der Waals surface area contributed by atoms with Crippen molar-refractivity contribution in [3.63, 3.8) is 0 Å². The molecule has 0 bridgehead atoms. The van der Waals surface area contributed by atoms with E-state index in [1.165, 1.54) is 36.0 Å². The van der Waals surface area contributed by atoms with E-state index in [1.54, 1.807) is 5.01 Å². The van der Waals surface area contributed by atoms with E-state index in [9.17, 15) is 4.79 Å². The van der Waals surface area contributed by atoms with Gasteiger partial charge in [0, 0.05) is 37.3 Å². The molecule has 2 fully saturated rings. The maximum absolute atomic E-state index is 14.7. The summed E-state index contributed by atoms with van der Waals surface area (Å²) in [6.07, 6.45) is 10.9. The lowest BCUT2D eigenvalue weighted by atomic mass is 9.67. The summed E-state index contributed by atoms with van der Waals surface area (Å²) in [6.45, 7) is 3.89. The van der Waals surface area contributed by atoms with Gasteiger partial charge in [0.25, 0.3) is 0 Å². The average molecular weight is 784 g/mol. The molecule has 2 aliphatic heterocycles. The Labute approximate surface area is 347 Å². The Hall–Kier alpha value is -5.99. The summed E-state index contributed by atoms with van der Waals surface area (Å²) in [6, 6.07) is 46.3. The van der Waals surface area contributed by atoms with Crippen molar-refractivity contribution in [3.05, 3.63) is 179 Å². The number of anilines is 2. The summed E-state index contributed by atoms with van der Waals surface area (Å²) in [5, 5.41) is 7.06. The lowest BCUT2D eigenvalue weighted by Crippen LogP contribution is -2.45. The topological polar surface area (TPSA) is 83.0 Å². The number of hydrogen-bond acceptors (Lipinski definition) is 5. The van der Waals surface area contributed by atoms with Gasteiger partial charge in [-0.25, -0.2) is 14.8 Å². The zero-order valence-corrected chi connectivity index (χ0v) is 33.9. The van der Waals surface area contributed by atoms with E-state index < -0.39 is 5.41 Å². The molecule has 8 heteroatoms. The standard InChI is InChI=1S/C51H53N5O3/c1-37-24-29-45-46(35-37)55(50(57)56(43-30-33-58-34-31-43)54-49(45)38-15-6-2-7-16-38)42-25-27-44(28-26-42)59-32-14-23-48-52-36-47(53-48)51(39-17-8-3-9-18-39,40-19-10-4-11-20-40)41-21-12-5-13-22-41/h3-5,8-13,17-22,24-29,35-36,38,43H,2,6-7,14-16,23,30-34H2,1H3,(H,52,53). The van der Waals surface area contributed by atoms with Gasteiger partial charge in [-0.05, 0) is 91.6 Å². The van der Waals surface area contributed by atoms with Crippen LogP contribution in [0.15, 0.2) is 145 Å². The Morgan fingerprint density at radius 2 is 1.39 bits per heavy atom. The number of hydrogen-bond donors (Lipinski definition) is 1. The van der Waals surface area contributed by atoms with Gasteiger partial charge in [0.05, 0.1) is 40.8 Å². The Balaban J connectivity index is 0.933. The van der Waals surface area contributed by atoms with Gasteiger partial charge < -0.3 is 14.5 Å². The molecule has 1 aliphatic carbocycles. The van der Waals surface area contributed by atoms with Crippen molar-refractivity contribution in [1.29, 1.82) is 0 Å². The molecule has 0 radical (unpaired) electrons. The van der Waals surface area contributed by atoms with Crippen molar-refractivity contribution in [2.45, 2.75) is 76.2 Å². The smallest absolute Gasteiger partial charge is 0.349 e. The molecular formula is C51H53N5O3. The SMILES string of the molecule is Cc1ccc2c(c1)N(c1ccc(OCCCc3ncc(C(c4ccccc4)(c4ccccc4)c4ccccc4)[nH]3)cc1)C(=O)N(C1CCOCC1)N=C2C1CCCCC1. The first kappa shape index (κ1) is 38.5. The Morgan fingerprint density at radius 1 is 0.763 bits per heavy atom. The number of ether oxygens (including phenoxy) is 2. The fourth-order valence-electron chi connectivity index (χ4n) is 9.39. The van der Waals surface area contributed by atoms with Gasteiger partial charge in [-0.3, -0.25) is 4.90 Å². The van der Waals surface area contributed by atoms with E-state index in [2.05, 4.69) is 121 Å². The molecule has 9 rings (SSSR count). The number of aromatic nitrogens is 2. The maximum atomic E-state index is 14.7. The molecule has 0 unspecified atom stereocenters. The quantitative estimate of drug-likeness (QED) is 0.0990. The summed E-state index contributed by atoms with van der Waals surface area (Å²) >= 11 is 0. The lowest BCUT2D eigenvalue weighted by molar-refractivity contribution is 0.0480.